The second kappa shape index (κ2) is 7.52. The highest BCUT2D eigenvalue weighted by atomic mass is 16.5. The summed E-state index contributed by atoms with van der Waals surface area (Å²) in [5.74, 6) is -0.209. The van der Waals surface area contributed by atoms with Gasteiger partial charge in [0.05, 0.1) is 19.6 Å². The van der Waals surface area contributed by atoms with E-state index in [-0.39, 0.29) is 30.0 Å². The lowest BCUT2D eigenvalue weighted by molar-refractivity contribution is -0.144. The number of Topliss-reactive ketones (excluding diaryl/α,β-unsaturated/α-hetero) is 1. The Morgan fingerprint density at radius 1 is 1.22 bits per heavy atom. The van der Waals surface area contributed by atoms with E-state index < -0.39 is 0 Å². The summed E-state index contributed by atoms with van der Waals surface area (Å²) in [6, 6.07) is 0.309. The molecule has 0 saturated heterocycles. The van der Waals surface area contributed by atoms with Gasteiger partial charge in [0, 0.05) is 12.5 Å². The number of carbonyl (C=O) groups excluding carboxylic acids is 2. The minimum absolute atomic E-state index is 0.0849. The molecule has 0 aromatic heterocycles. The van der Waals surface area contributed by atoms with Gasteiger partial charge in [0.1, 0.15) is 5.78 Å². The van der Waals surface area contributed by atoms with Crippen LogP contribution >= 0.6 is 0 Å². The minimum Gasteiger partial charge on any atom is -0.466 e. The van der Waals surface area contributed by atoms with Gasteiger partial charge < -0.3 is 4.74 Å². The molecule has 0 aliphatic rings. The minimum atomic E-state index is -0.294. The van der Waals surface area contributed by atoms with Gasteiger partial charge in [-0.15, -0.1) is 0 Å². The van der Waals surface area contributed by atoms with Crippen LogP contribution in [0.5, 0.6) is 0 Å². The molecular weight excluding hydrogens is 230 g/mol. The van der Waals surface area contributed by atoms with Crippen LogP contribution in [0.3, 0.4) is 0 Å². The van der Waals surface area contributed by atoms with E-state index in [0.717, 1.165) is 0 Å². The van der Waals surface area contributed by atoms with E-state index in [1.807, 2.05) is 11.9 Å². The third kappa shape index (κ3) is 6.74. The fraction of sp³-hybridized carbons (Fsp3) is 0.857. The summed E-state index contributed by atoms with van der Waals surface area (Å²) in [5.41, 5.74) is 0.135. The van der Waals surface area contributed by atoms with E-state index in [4.69, 9.17) is 4.74 Å². The molecule has 18 heavy (non-hydrogen) atoms. The van der Waals surface area contributed by atoms with Gasteiger partial charge in [-0.1, -0.05) is 20.8 Å². The van der Waals surface area contributed by atoms with E-state index in [1.54, 1.807) is 6.92 Å². The lowest BCUT2D eigenvalue weighted by Crippen LogP contribution is -2.41. The van der Waals surface area contributed by atoms with Crippen molar-refractivity contribution in [3.63, 3.8) is 0 Å². The van der Waals surface area contributed by atoms with Gasteiger partial charge in [-0.2, -0.15) is 0 Å². The van der Waals surface area contributed by atoms with Gasteiger partial charge in [0.2, 0.25) is 0 Å². The highest BCUT2D eigenvalue weighted by Crippen LogP contribution is 2.22. The summed E-state index contributed by atoms with van der Waals surface area (Å²) in [6.07, 6.45) is 0.449. The Balaban J connectivity index is 4.05. The number of nitrogens with zero attached hydrogens (tertiary/aromatic N) is 1. The zero-order chi connectivity index (χ0) is 14.3. The quantitative estimate of drug-likeness (QED) is 0.656. The normalized spacial score (nSPS) is 13.5. The molecule has 1 unspecified atom stereocenters. The average molecular weight is 257 g/mol. The molecule has 0 aromatic rings. The Hall–Kier alpha value is -0.900. The number of hydrogen-bond acceptors (Lipinski definition) is 4. The summed E-state index contributed by atoms with van der Waals surface area (Å²) >= 11 is 0. The van der Waals surface area contributed by atoms with Crippen LogP contribution in [0, 0.1) is 5.41 Å². The molecule has 1 atom stereocenters. The Kier molecular flexibility index (Phi) is 7.14. The van der Waals surface area contributed by atoms with E-state index in [9.17, 15) is 9.59 Å². The van der Waals surface area contributed by atoms with Gasteiger partial charge >= 0.3 is 5.97 Å². The summed E-state index contributed by atoms with van der Waals surface area (Å²) in [5, 5.41) is 0. The van der Waals surface area contributed by atoms with Crippen molar-refractivity contribution in [3.8, 4) is 0 Å². The first-order valence-corrected chi connectivity index (χ1v) is 6.56. The maximum atomic E-state index is 11.7. The lowest BCUT2D eigenvalue weighted by atomic mass is 9.87. The van der Waals surface area contributed by atoms with Crippen molar-refractivity contribution in [3.05, 3.63) is 0 Å². The molecule has 0 aromatic carbocycles. The number of hydrogen-bond donors (Lipinski definition) is 0. The zero-order valence-electron chi connectivity index (χ0n) is 12.6. The highest BCUT2D eigenvalue weighted by molar-refractivity contribution is 5.84. The highest BCUT2D eigenvalue weighted by Gasteiger charge is 2.24. The van der Waals surface area contributed by atoms with Crippen molar-refractivity contribution in [1.29, 1.82) is 0 Å². The summed E-state index contributed by atoms with van der Waals surface area (Å²) in [4.78, 5) is 24.9. The zero-order valence-corrected chi connectivity index (χ0v) is 12.6. The van der Waals surface area contributed by atoms with E-state index in [0.29, 0.717) is 19.2 Å². The molecule has 0 fully saturated rings. The molecule has 4 nitrogen and oxygen atoms in total. The van der Waals surface area contributed by atoms with Gasteiger partial charge in [-0.3, -0.25) is 14.5 Å². The van der Waals surface area contributed by atoms with Gasteiger partial charge in [-0.25, -0.2) is 0 Å². The smallest absolute Gasteiger partial charge is 0.306 e. The summed E-state index contributed by atoms with van der Waals surface area (Å²) in [7, 11) is 1.94. The maximum Gasteiger partial charge on any atom is 0.306 e. The number of esters is 1. The predicted octanol–water partition coefficient (Wildman–Crippen LogP) is 2.27. The van der Waals surface area contributed by atoms with Crippen LogP contribution in [-0.4, -0.2) is 42.9 Å². The van der Waals surface area contributed by atoms with Crippen molar-refractivity contribution < 1.29 is 14.3 Å². The Morgan fingerprint density at radius 2 is 1.78 bits per heavy atom. The average Bonchev–Trinajstić information content (AvgIpc) is 2.24. The molecule has 106 valence electrons. The molecule has 0 aliphatic heterocycles. The standard InChI is InChI=1S/C14H27NO3/c1-7-18-13(17)9-8-12(16)10-15(6)11(2)14(3,4)5/h11H,7-10H2,1-6H3. The van der Waals surface area contributed by atoms with Crippen LogP contribution in [0.1, 0.15) is 47.5 Å². The second-order valence-electron chi connectivity index (χ2n) is 5.80. The molecule has 0 radical (unpaired) electrons. The van der Waals surface area contributed by atoms with Crippen molar-refractivity contribution >= 4 is 11.8 Å². The fourth-order valence-corrected chi connectivity index (χ4v) is 1.63. The van der Waals surface area contributed by atoms with Crippen LogP contribution < -0.4 is 0 Å². The number of ether oxygens (including phenoxy) is 1. The first-order chi connectivity index (χ1) is 8.18. The maximum absolute atomic E-state index is 11.7. The van der Waals surface area contributed by atoms with E-state index in [2.05, 4.69) is 27.7 Å². The molecule has 0 spiro atoms. The van der Waals surface area contributed by atoms with Gasteiger partial charge in [0.25, 0.3) is 0 Å². The molecule has 0 rings (SSSR count). The molecule has 0 bridgehead atoms. The van der Waals surface area contributed by atoms with Crippen molar-refractivity contribution in [2.24, 2.45) is 5.41 Å². The third-order valence-corrected chi connectivity index (χ3v) is 3.25. The van der Waals surface area contributed by atoms with Gasteiger partial charge in [-0.05, 0) is 26.3 Å². The van der Waals surface area contributed by atoms with Crippen LogP contribution in [0.25, 0.3) is 0 Å². The first kappa shape index (κ1) is 17.1. The Bertz CT molecular complexity index is 281. The van der Waals surface area contributed by atoms with Crippen LogP contribution in [0.2, 0.25) is 0 Å². The van der Waals surface area contributed by atoms with Crippen molar-refractivity contribution in [2.45, 2.75) is 53.5 Å². The molecular formula is C14H27NO3. The van der Waals surface area contributed by atoms with Gasteiger partial charge in [0.15, 0.2) is 0 Å². The number of rotatable bonds is 7. The topological polar surface area (TPSA) is 46.6 Å². The van der Waals surface area contributed by atoms with Crippen molar-refractivity contribution in [1.82, 2.24) is 4.90 Å². The number of likely N-dealkylation sites (N-methyl/N-ethyl adjacent to an activating group) is 1. The third-order valence-electron chi connectivity index (χ3n) is 3.25. The molecule has 4 heteroatoms. The van der Waals surface area contributed by atoms with Crippen LogP contribution in [0.4, 0.5) is 0 Å². The second-order valence-corrected chi connectivity index (χ2v) is 5.80. The van der Waals surface area contributed by atoms with E-state index in [1.165, 1.54) is 0 Å². The van der Waals surface area contributed by atoms with E-state index >= 15 is 0 Å². The fourth-order valence-electron chi connectivity index (χ4n) is 1.63. The van der Waals surface area contributed by atoms with Crippen LogP contribution in [0.15, 0.2) is 0 Å². The molecule has 0 heterocycles. The largest absolute Gasteiger partial charge is 0.466 e. The Labute approximate surface area is 111 Å². The predicted molar refractivity (Wildman–Crippen MR) is 72.4 cm³/mol. The first-order valence-electron chi connectivity index (χ1n) is 6.56. The lowest BCUT2D eigenvalue weighted by Gasteiger charge is -2.34. The summed E-state index contributed by atoms with van der Waals surface area (Å²) < 4.78 is 4.79. The number of carbonyl (C=O) groups is 2. The van der Waals surface area contributed by atoms with Crippen molar-refractivity contribution in [2.75, 3.05) is 20.2 Å². The summed E-state index contributed by atoms with van der Waals surface area (Å²) in [6.45, 7) is 11.1. The monoisotopic (exact) mass is 257 g/mol. The molecule has 0 aliphatic carbocycles. The molecule has 0 N–H and O–H groups in total. The Morgan fingerprint density at radius 3 is 2.22 bits per heavy atom. The SMILES string of the molecule is CCOC(=O)CCC(=O)CN(C)C(C)C(C)(C)C. The number of ketones is 1. The molecule has 0 amide bonds. The molecule has 0 saturated carbocycles. The van der Waals surface area contributed by atoms with Crippen LogP contribution in [-0.2, 0) is 14.3 Å².